The van der Waals surface area contributed by atoms with E-state index in [9.17, 15) is 33.9 Å². The molecule has 6 aromatic carbocycles. The molecular formula is C65H85ClN4O12Si2. The first-order valence-electron chi connectivity index (χ1n) is 27.6. The third-order valence-corrected chi connectivity index (χ3v) is 23.6. The Morgan fingerprint density at radius 1 is 0.488 bits per heavy atom. The standard InChI is InChI=1S/C24H33NO4Si.C17H18N2O4.C17H29NO3Si.C7H5ClO/c1-24(2,3)30(5,6)29-17-16-25(22(26)20-10-8-7-9-11-20)18-19-12-14-21(15-13-19)23(27)28-4;20-11-10-19(17(22)15-4-2-1-3-5-15)12-13-6-8-14(9-7-13)16(21)18-23;1-17(2,3)22(5,6)21-12-11-18-13-14-7-9-15(10-8-14)16(19)20-4;8-7(9)6-4-2-1-3-5-6/h7-15H,16-18H2,1-6H3;1-9,20,23H,10-12H2,(H,18,21);7-10,18H,11-13H2,1-6H3;1-5H. The minimum atomic E-state index is -1.89. The molecule has 0 bridgehead atoms. The second kappa shape index (κ2) is 35.2. The number of halogens is 1. The molecule has 0 aliphatic heterocycles. The molecule has 4 N–H and O–H groups in total. The molecule has 0 aromatic heterocycles. The lowest BCUT2D eigenvalue weighted by molar-refractivity contribution is 0.0592. The predicted octanol–water partition coefficient (Wildman–Crippen LogP) is 12.2. The number of nitrogens with one attached hydrogen (secondary N) is 2. The van der Waals surface area contributed by atoms with Crippen molar-refractivity contribution in [3.05, 3.63) is 214 Å². The highest BCUT2D eigenvalue weighted by Gasteiger charge is 2.38. The third-order valence-electron chi connectivity index (χ3n) is 14.3. The smallest absolute Gasteiger partial charge is 0.337 e. The fourth-order valence-corrected chi connectivity index (χ4v) is 9.39. The van der Waals surface area contributed by atoms with E-state index in [1.807, 2.05) is 66.7 Å². The Balaban J connectivity index is 0.000000310. The normalized spacial score (nSPS) is 11.2. The van der Waals surface area contributed by atoms with Gasteiger partial charge in [-0.25, -0.2) is 15.1 Å². The van der Waals surface area contributed by atoms with E-state index in [4.69, 9.17) is 30.4 Å². The molecule has 19 heteroatoms. The number of hydrogen-bond donors (Lipinski definition) is 4. The molecule has 0 aliphatic carbocycles. The molecule has 16 nitrogen and oxygen atoms in total. The number of hydrogen-bond acceptors (Lipinski definition) is 13. The maximum Gasteiger partial charge on any atom is 0.337 e. The van der Waals surface area contributed by atoms with Crippen LogP contribution in [0.5, 0.6) is 0 Å². The predicted molar refractivity (Wildman–Crippen MR) is 335 cm³/mol. The van der Waals surface area contributed by atoms with Crippen molar-refractivity contribution in [1.29, 1.82) is 0 Å². The van der Waals surface area contributed by atoms with E-state index >= 15 is 0 Å². The van der Waals surface area contributed by atoms with Crippen LogP contribution in [-0.4, -0.2) is 125 Å². The molecule has 0 spiro atoms. The fourth-order valence-electron chi connectivity index (χ4n) is 7.18. The summed E-state index contributed by atoms with van der Waals surface area (Å²) in [5, 5.41) is 21.1. The first-order chi connectivity index (χ1) is 39.7. The summed E-state index contributed by atoms with van der Waals surface area (Å²) in [5.41, 5.74) is 7.59. The first-order valence-corrected chi connectivity index (χ1v) is 33.8. The van der Waals surface area contributed by atoms with Gasteiger partial charge in [-0.15, -0.1) is 0 Å². The van der Waals surface area contributed by atoms with Gasteiger partial charge in [0.15, 0.2) is 16.6 Å². The molecule has 6 rings (SSSR count). The Morgan fingerprint density at radius 3 is 1.19 bits per heavy atom. The average molecular weight is 1210 g/mol. The summed E-state index contributed by atoms with van der Waals surface area (Å²) in [6, 6.07) is 48.0. The minimum Gasteiger partial charge on any atom is -0.465 e. The van der Waals surface area contributed by atoms with Crippen LogP contribution in [0, 0.1) is 0 Å². The Morgan fingerprint density at radius 2 is 0.845 bits per heavy atom. The Bertz CT molecular complexity index is 2960. The van der Waals surface area contributed by atoms with Crippen LogP contribution in [0.4, 0.5) is 0 Å². The van der Waals surface area contributed by atoms with Gasteiger partial charge in [0.2, 0.25) is 0 Å². The molecule has 452 valence electrons. The van der Waals surface area contributed by atoms with Crippen LogP contribution in [0.25, 0.3) is 0 Å². The number of carbonyl (C=O) groups excluding carboxylic acids is 6. The Labute approximate surface area is 503 Å². The zero-order chi connectivity index (χ0) is 62.5. The minimum absolute atomic E-state index is 0.0357. The van der Waals surface area contributed by atoms with E-state index in [1.54, 1.807) is 107 Å². The van der Waals surface area contributed by atoms with E-state index < -0.39 is 27.8 Å². The van der Waals surface area contributed by atoms with Crippen LogP contribution in [-0.2, 0) is 38.0 Å². The van der Waals surface area contributed by atoms with E-state index in [1.165, 1.54) is 19.1 Å². The van der Waals surface area contributed by atoms with Crippen molar-refractivity contribution in [2.75, 3.05) is 53.7 Å². The molecule has 0 saturated heterocycles. The van der Waals surface area contributed by atoms with Crippen LogP contribution in [0.1, 0.15) is 120 Å². The van der Waals surface area contributed by atoms with Crippen molar-refractivity contribution in [2.45, 2.75) is 97.4 Å². The van der Waals surface area contributed by atoms with Crippen LogP contribution >= 0.6 is 11.6 Å². The number of esters is 2. The highest BCUT2D eigenvalue weighted by Crippen LogP contribution is 2.37. The van der Waals surface area contributed by atoms with Crippen LogP contribution in [0.3, 0.4) is 0 Å². The topological polar surface area (TPSA) is 210 Å². The molecular weight excluding hydrogens is 1120 g/mol. The molecule has 0 aliphatic rings. The van der Waals surface area contributed by atoms with E-state index in [0.29, 0.717) is 59.6 Å². The quantitative estimate of drug-likeness (QED) is 0.0125. The molecule has 0 atom stereocenters. The van der Waals surface area contributed by atoms with Crippen molar-refractivity contribution >= 4 is 63.1 Å². The fraction of sp³-hybridized carbons (Fsp3) is 0.354. The SMILES string of the molecule is COC(=O)c1ccc(CN(CCO[Si](C)(C)C(C)(C)C)C(=O)c2ccccc2)cc1.COC(=O)c1ccc(CNCCO[Si](C)(C)C(C)(C)C)cc1.O=C(Cl)c1ccccc1.O=C(NO)c1ccc(CN(CCO)C(=O)c2ccccc2)cc1. The lowest BCUT2D eigenvalue weighted by atomic mass is 10.1. The Hall–Kier alpha value is -7.14. The summed E-state index contributed by atoms with van der Waals surface area (Å²) in [7, 11) is -0.792. The second-order valence-electron chi connectivity index (χ2n) is 22.5. The van der Waals surface area contributed by atoms with Crippen molar-refractivity contribution in [2.24, 2.45) is 0 Å². The Kier molecular flexibility index (Phi) is 29.8. The largest absolute Gasteiger partial charge is 0.465 e. The first kappa shape index (κ1) is 71.1. The van der Waals surface area contributed by atoms with E-state index in [0.717, 1.165) is 36.4 Å². The highest BCUT2D eigenvalue weighted by molar-refractivity contribution is 6.74. The zero-order valence-corrected chi connectivity index (χ0v) is 53.5. The number of nitrogens with zero attached hydrogens (tertiary/aromatic N) is 2. The van der Waals surface area contributed by atoms with Gasteiger partial charge >= 0.3 is 11.9 Å². The van der Waals surface area contributed by atoms with Gasteiger partial charge in [0.05, 0.1) is 38.6 Å². The summed E-state index contributed by atoms with van der Waals surface area (Å²) in [4.78, 5) is 73.6. The summed E-state index contributed by atoms with van der Waals surface area (Å²) >= 11 is 5.16. The summed E-state index contributed by atoms with van der Waals surface area (Å²) < 4.78 is 21.8. The number of rotatable bonds is 22. The molecule has 3 amide bonds. The van der Waals surface area contributed by atoms with E-state index in [-0.39, 0.29) is 47.0 Å². The van der Waals surface area contributed by atoms with Gasteiger partial charge in [-0.05, 0) is 125 Å². The van der Waals surface area contributed by atoms with Crippen LogP contribution in [0.2, 0.25) is 36.3 Å². The summed E-state index contributed by atoms with van der Waals surface area (Å²) in [6.45, 7) is 26.4. The summed E-state index contributed by atoms with van der Waals surface area (Å²) in [5.74, 6) is -1.48. The molecule has 6 aromatic rings. The van der Waals surface area contributed by atoms with Crippen LogP contribution < -0.4 is 10.8 Å². The van der Waals surface area contributed by atoms with Crippen molar-refractivity contribution in [1.82, 2.24) is 20.6 Å². The number of aliphatic hydroxyl groups excluding tert-OH is 1. The highest BCUT2D eigenvalue weighted by atomic mass is 35.5. The van der Waals surface area contributed by atoms with Gasteiger partial charge in [0, 0.05) is 68.1 Å². The number of carbonyl (C=O) groups is 6. The molecule has 0 heterocycles. The van der Waals surface area contributed by atoms with Crippen LogP contribution in [0.15, 0.2) is 164 Å². The number of amides is 3. The number of aliphatic hydroxyl groups is 1. The lowest BCUT2D eigenvalue weighted by Gasteiger charge is -2.37. The maximum atomic E-state index is 13.1. The van der Waals surface area contributed by atoms with Crippen molar-refractivity contribution < 1.29 is 57.4 Å². The summed E-state index contributed by atoms with van der Waals surface area (Å²) in [6.07, 6.45) is 0. The lowest BCUT2D eigenvalue weighted by Crippen LogP contribution is -2.43. The molecule has 84 heavy (non-hydrogen) atoms. The number of benzene rings is 6. The van der Waals surface area contributed by atoms with Gasteiger partial charge < -0.3 is 38.5 Å². The monoisotopic (exact) mass is 1200 g/mol. The molecule has 0 radical (unpaired) electrons. The second-order valence-corrected chi connectivity index (χ2v) is 32.4. The number of hydroxylamine groups is 1. The molecule has 0 fully saturated rings. The van der Waals surface area contributed by atoms with Gasteiger partial charge in [0.25, 0.3) is 23.0 Å². The van der Waals surface area contributed by atoms with Crippen molar-refractivity contribution in [3.63, 3.8) is 0 Å². The van der Waals surface area contributed by atoms with Gasteiger partial charge in [-0.1, -0.05) is 145 Å². The number of ether oxygens (including phenoxy) is 2. The maximum absolute atomic E-state index is 13.1. The van der Waals surface area contributed by atoms with Gasteiger partial charge in [0.1, 0.15) is 0 Å². The molecule has 0 saturated carbocycles. The third kappa shape index (κ3) is 24.2. The number of methoxy groups -OCH3 is 2. The molecule has 0 unspecified atom stereocenters. The van der Waals surface area contributed by atoms with Gasteiger partial charge in [-0.2, -0.15) is 0 Å². The average Bonchev–Trinajstić information content (AvgIpc) is 3.64. The zero-order valence-electron chi connectivity index (χ0n) is 50.7. The van der Waals surface area contributed by atoms with Crippen molar-refractivity contribution in [3.8, 4) is 0 Å². The van der Waals surface area contributed by atoms with E-state index in [2.05, 4.69) is 77.8 Å². The van der Waals surface area contributed by atoms with Gasteiger partial charge in [-0.3, -0.25) is 24.4 Å².